The van der Waals surface area contributed by atoms with Gasteiger partial charge in [0, 0.05) is 26.4 Å². The third-order valence-corrected chi connectivity index (χ3v) is 6.56. The Hall–Kier alpha value is -3.18. The van der Waals surface area contributed by atoms with Gasteiger partial charge >= 0.3 is 0 Å². The first-order valence-electron chi connectivity index (χ1n) is 13.0. The Bertz CT molecular complexity index is 1150. The molecule has 4 rings (SSSR count). The molecule has 1 aromatic heterocycles. The fourth-order valence-electron chi connectivity index (χ4n) is 4.82. The van der Waals surface area contributed by atoms with E-state index in [4.69, 9.17) is 14.2 Å². The van der Waals surface area contributed by atoms with Crippen LogP contribution in [0.1, 0.15) is 40.5 Å². The maximum atomic E-state index is 14.9. The Morgan fingerprint density at radius 2 is 2.08 bits per heavy atom. The summed E-state index contributed by atoms with van der Waals surface area (Å²) in [6.07, 6.45) is 1.61. The van der Waals surface area contributed by atoms with Crippen LogP contribution in [0.25, 0.3) is 0 Å². The zero-order valence-corrected chi connectivity index (χ0v) is 22.9. The fraction of sp³-hybridized carbons (Fsp3) is 0.593. The molecule has 11 heteroatoms. The maximum absolute atomic E-state index is 14.9. The van der Waals surface area contributed by atoms with E-state index < -0.39 is 23.8 Å². The van der Waals surface area contributed by atoms with E-state index >= 15 is 0 Å². The summed E-state index contributed by atoms with van der Waals surface area (Å²) in [6.45, 7) is 8.87. The highest BCUT2D eigenvalue weighted by Gasteiger charge is 2.39. The van der Waals surface area contributed by atoms with Crippen LogP contribution in [0.15, 0.2) is 30.5 Å². The maximum Gasteiger partial charge on any atom is 0.248 e. The van der Waals surface area contributed by atoms with Crippen LogP contribution in [-0.4, -0.2) is 77.8 Å². The quantitative estimate of drug-likeness (QED) is 0.503. The Labute approximate surface area is 223 Å². The Morgan fingerprint density at radius 1 is 1.32 bits per heavy atom. The number of carbonyl (C=O) groups is 2. The molecule has 0 spiro atoms. The van der Waals surface area contributed by atoms with Gasteiger partial charge in [-0.15, -0.1) is 0 Å². The van der Waals surface area contributed by atoms with Crippen molar-refractivity contribution < 1.29 is 28.2 Å². The molecule has 10 nitrogen and oxygen atoms in total. The molecule has 2 aliphatic rings. The fourth-order valence-corrected chi connectivity index (χ4v) is 4.82. The Morgan fingerprint density at radius 3 is 2.74 bits per heavy atom. The summed E-state index contributed by atoms with van der Waals surface area (Å²) in [5.74, 6) is -0.979. The van der Waals surface area contributed by atoms with Crippen molar-refractivity contribution in [3.05, 3.63) is 36.3 Å². The summed E-state index contributed by atoms with van der Waals surface area (Å²) in [6, 6.07) is 5.93. The number of amides is 2. The topological polar surface area (TPSA) is 98.2 Å². The molecule has 38 heavy (non-hydrogen) atoms. The van der Waals surface area contributed by atoms with Gasteiger partial charge in [0.15, 0.2) is 23.2 Å². The molecule has 3 atom stereocenters. The first kappa shape index (κ1) is 27.8. The third kappa shape index (κ3) is 6.63. The predicted octanol–water partition coefficient (Wildman–Crippen LogP) is 3.27. The van der Waals surface area contributed by atoms with Gasteiger partial charge in [0.1, 0.15) is 18.2 Å². The second-order valence-corrected chi connectivity index (χ2v) is 11.0. The van der Waals surface area contributed by atoms with E-state index in [1.54, 1.807) is 54.1 Å². The van der Waals surface area contributed by atoms with Crippen LogP contribution in [0.2, 0.25) is 0 Å². The lowest BCUT2D eigenvalue weighted by atomic mass is 10.0. The number of benzene rings is 1. The molecule has 208 valence electrons. The molecule has 0 aliphatic carbocycles. The zero-order valence-electron chi connectivity index (χ0n) is 22.9. The Balaban J connectivity index is 1.41. The lowest BCUT2D eigenvalue weighted by molar-refractivity contribution is -0.139. The number of halogens is 1. The van der Waals surface area contributed by atoms with Gasteiger partial charge in [-0.1, -0.05) is 19.9 Å². The molecule has 0 bridgehead atoms. The highest BCUT2D eigenvalue weighted by Crippen LogP contribution is 2.30. The van der Waals surface area contributed by atoms with Gasteiger partial charge < -0.3 is 29.3 Å². The number of hydrogen-bond donors (Lipinski definition) is 1. The molecule has 2 aromatic rings. The summed E-state index contributed by atoms with van der Waals surface area (Å²) < 4.78 is 33.9. The number of nitrogens with zero attached hydrogens (tertiary/aromatic N) is 4. The highest BCUT2D eigenvalue weighted by molar-refractivity contribution is 5.97. The number of rotatable bonds is 10. The second-order valence-electron chi connectivity index (χ2n) is 11.0. The largest absolute Gasteiger partial charge is 0.485 e. The Kier molecular flexibility index (Phi) is 8.27. The van der Waals surface area contributed by atoms with Crippen LogP contribution in [0.4, 0.5) is 15.9 Å². The summed E-state index contributed by atoms with van der Waals surface area (Å²) >= 11 is 0. The average molecular weight is 532 g/mol. The molecule has 2 saturated heterocycles. The number of nitrogens with one attached hydrogen (secondary N) is 1. The molecule has 2 aliphatic heterocycles. The number of likely N-dealkylation sites (tertiary alicyclic amines) is 1. The van der Waals surface area contributed by atoms with E-state index in [-0.39, 0.29) is 42.6 Å². The number of aromatic nitrogens is 2. The number of anilines is 2. The van der Waals surface area contributed by atoms with E-state index in [9.17, 15) is 14.0 Å². The first-order chi connectivity index (χ1) is 17.9. The van der Waals surface area contributed by atoms with E-state index in [0.29, 0.717) is 31.1 Å². The number of carbonyl (C=O) groups excluding carboxylic acids is 2. The van der Waals surface area contributed by atoms with Gasteiger partial charge in [-0.2, -0.15) is 5.10 Å². The van der Waals surface area contributed by atoms with E-state index in [1.807, 2.05) is 27.7 Å². The van der Waals surface area contributed by atoms with E-state index in [1.165, 1.54) is 4.90 Å². The molecule has 1 unspecified atom stereocenters. The predicted molar refractivity (Wildman–Crippen MR) is 140 cm³/mol. The molecule has 1 aromatic carbocycles. The summed E-state index contributed by atoms with van der Waals surface area (Å²) in [5, 5.41) is 7.30. The van der Waals surface area contributed by atoms with Gasteiger partial charge in [0.05, 0.1) is 31.8 Å². The summed E-state index contributed by atoms with van der Waals surface area (Å²) in [5.41, 5.74) is 0.399. The minimum atomic E-state index is -0.702. The van der Waals surface area contributed by atoms with Crippen molar-refractivity contribution in [1.82, 2.24) is 14.7 Å². The van der Waals surface area contributed by atoms with Crippen LogP contribution in [0, 0.1) is 11.7 Å². The van der Waals surface area contributed by atoms with E-state index in [0.717, 1.165) is 0 Å². The lowest BCUT2D eigenvalue weighted by Gasteiger charge is -2.28. The van der Waals surface area contributed by atoms with Crippen molar-refractivity contribution in [2.45, 2.75) is 71.1 Å². The van der Waals surface area contributed by atoms with Crippen molar-refractivity contribution in [1.29, 1.82) is 0 Å². The van der Waals surface area contributed by atoms with Crippen LogP contribution in [0.3, 0.4) is 0 Å². The zero-order chi connectivity index (χ0) is 27.6. The lowest BCUT2D eigenvalue weighted by Crippen LogP contribution is -2.46. The van der Waals surface area contributed by atoms with Crippen molar-refractivity contribution in [2.24, 2.45) is 5.92 Å². The minimum absolute atomic E-state index is 0.0714. The van der Waals surface area contributed by atoms with Crippen LogP contribution in [-0.2, 0) is 25.6 Å². The molecule has 2 fully saturated rings. The summed E-state index contributed by atoms with van der Waals surface area (Å²) in [4.78, 5) is 29.5. The molecular weight excluding hydrogens is 493 g/mol. The summed E-state index contributed by atoms with van der Waals surface area (Å²) in [7, 11) is 3.50. The van der Waals surface area contributed by atoms with Crippen molar-refractivity contribution in [2.75, 3.05) is 37.5 Å². The molecule has 0 radical (unpaired) electrons. The number of hydrogen-bond acceptors (Lipinski definition) is 7. The molecule has 1 N–H and O–H groups in total. The van der Waals surface area contributed by atoms with Gasteiger partial charge in [0.2, 0.25) is 11.8 Å². The second kappa shape index (κ2) is 11.3. The number of ether oxygens (including phenoxy) is 3. The smallest absolute Gasteiger partial charge is 0.248 e. The van der Waals surface area contributed by atoms with Gasteiger partial charge in [0.25, 0.3) is 0 Å². The monoisotopic (exact) mass is 531 g/mol. The average Bonchev–Trinajstić information content (AvgIpc) is 3.51. The highest BCUT2D eigenvalue weighted by atomic mass is 19.1. The standard InChI is InChI=1S/C27H38FN5O5/c1-17(2)12-21(26(35)29-23-10-11-32(30-23)14-19-16-36-27(3,4)38-19)33-15-18(13-24(33)34)37-22-9-7-8-20(25(22)28)31(5)6/h7-11,17-19,21H,12-16H2,1-6H3,(H,29,30,35)/t18?,19-,21+/m1/s1. The minimum Gasteiger partial charge on any atom is -0.485 e. The van der Waals surface area contributed by atoms with Crippen LogP contribution < -0.4 is 15.0 Å². The van der Waals surface area contributed by atoms with Crippen molar-refractivity contribution in [3.63, 3.8) is 0 Å². The first-order valence-corrected chi connectivity index (χ1v) is 13.0. The van der Waals surface area contributed by atoms with Gasteiger partial charge in [-0.3, -0.25) is 14.3 Å². The van der Waals surface area contributed by atoms with Gasteiger partial charge in [-0.25, -0.2) is 4.39 Å². The molecular formula is C27H38FN5O5. The van der Waals surface area contributed by atoms with E-state index in [2.05, 4.69) is 10.4 Å². The van der Waals surface area contributed by atoms with Crippen LogP contribution >= 0.6 is 0 Å². The van der Waals surface area contributed by atoms with Crippen molar-refractivity contribution in [3.8, 4) is 5.75 Å². The molecule has 2 amide bonds. The molecule has 0 saturated carbocycles. The molecule has 3 heterocycles. The third-order valence-electron chi connectivity index (χ3n) is 6.56. The van der Waals surface area contributed by atoms with Gasteiger partial charge in [-0.05, 0) is 38.3 Å². The SMILES string of the molecule is CC(C)C[C@@H](C(=O)Nc1ccn(C[C@@H]2COC(C)(C)O2)n1)N1CC(Oc2cccc(N(C)C)c2F)CC1=O. The van der Waals surface area contributed by atoms with Crippen LogP contribution in [0.5, 0.6) is 5.75 Å². The van der Waals surface area contributed by atoms with Crippen molar-refractivity contribution >= 4 is 23.3 Å². The normalized spacial score (nSPS) is 21.7.